The normalized spacial score (nSPS) is 12.4. The lowest BCUT2D eigenvalue weighted by molar-refractivity contribution is -0.116. The van der Waals surface area contributed by atoms with Crippen LogP contribution in [0.1, 0.15) is 52.3 Å². The summed E-state index contributed by atoms with van der Waals surface area (Å²) in [5.74, 6) is 0.311. The van der Waals surface area contributed by atoms with Crippen molar-refractivity contribution in [2.75, 3.05) is 18.4 Å². The van der Waals surface area contributed by atoms with Gasteiger partial charge < -0.3 is 5.32 Å². The first kappa shape index (κ1) is 28.4. The Morgan fingerprint density at radius 1 is 1.05 bits per heavy atom. The van der Waals surface area contributed by atoms with Crippen LogP contribution in [0.3, 0.4) is 0 Å². The first-order chi connectivity index (χ1) is 18.4. The zero-order valence-corrected chi connectivity index (χ0v) is 24.3. The summed E-state index contributed by atoms with van der Waals surface area (Å²) in [6, 6.07) is 18.3. The second kappa shape index (κ2) is 11.3. The van der Waals surface area contributed by atoms with Crippen molar-refractivity contribution in [2.24, 2.45) is 5.92 Å². The molecule has 206 valence electrons. The summed E-state index contributed by atoms with van der Waals surface area (Å²) in [5, 5.41) is 8.47. The second-order valence-corrected chi connectivity index (χ2v) is 13.2. The molecule has 9 heteroatoms. The zero-order chi connectivity index (χ0) is 28.4. The Hall–Kier alpha value is -3.56. The molecule has 2 aromatic carbocycles. The Morgan fingerprint density at radius 3 is 2.46 bits per heavy atom. The van der Waals surface area contributed by atoms with Crippen molar-refractivity contribution in [1.82, 2.24) is 19.1 Å². The summed E-state index contributed by atoms with van der Waals surface area (Å²) in [5.41, 5.74) is 2.80. The standard InChI is InChI=1S/C30H37N5O3S/c1-21(2)16-18-34(39(37,38)25-15-9-12-23-13-10-17-31-29(23)25)20-28(36)32-27-19-26(30(4,5)6)33-35(27)24-14-8-7-11-22(24)3/h7-15,17,19,21H,16,18,20H2,1-6H3,(H,32,36). The number of para-hydroxylation sites is 2. The van der Waals surface area contributed by atoms with Crippen LogP contribution >= 0.6 is 0 Å². The molecular weight excluding hydrogens is 510 g/mol. The number of sulfonamides is 1. The van der Waals surface area contributed by atoms with Crippen molar-refractivity contribution in [1.29, 1.82) is 0 Å². The molecule has 0 aliphatic heterocycles. The molecule has 4 aromatic rings. The van der Waals surface area contributed by atoms with Gasteiger partial charge in [0.2, 0.25) is 15.9 Å². The van der Waals surface area contributed by atoms with Crippen LogP contribution in [0.25, 0.3) is 16.6 Å². The van der Waals surface area contributed by atoms with E-state index in [-0.39, 0.29) is 29.3 Å². The molecule has 0 bridgehead atoms. The van der Waals surface area contributed by atoms with E-state index in [4.69, 9.17) is 5.10 Å². The highest BCUT2D eigenvalue weighted by atomic mass is 32.2. The Balaban J connectivity index is 1.68. The van der Waals surface area contributed by atoms with Gasteiger partial charge in [-0.05, 0) is 43.0 Å². The number of benzene rings is 2. The van der Waals surface area contributed by atoms with Gasteiger partial charge in [0, 0.05) is 29.6 Å². The molecule has 0 unspecified atom stereocenters. The number of carbonyl (C=O) groups excluding carboxylic acids is 1. The maximum absolute atomic E-state index is 13.9. The molecule has 2 heterocycles. The van der Waals surface area contributed by atoms with E-state index in [1.165, 1.54) is 4.31 Å². The summed E-state index contributed by atoms with van der Waals surface area (Å²) in [6.45, 7) is 12.1. The van der Waals surface area contributed by atoms with Crippen LogP contribution in [-0.4, -0.2) is 46.5 Å². The Labute approximate surface area is 231 Å². The van der Waals surface area contributed by atoms with Gasteiger partial charge in [-0.1, -0.05) is 71.0 Å². The molecule has 1 N–H and O–H groups in total. The fourth-order valence-electron chi connectivity index (χ4n) is 4.27. The molecule has 2 aromatic heterocycles. The molecule has 8 nitrogen and oxygen atoms in total. The average molecular weight is 548 g/mol. The number of pyridine rings is 1. The van der Waals surface area contributed by atoms with Crippen LogP contribution in [0, 0.1) is 12.8 Å². The third-order valence-electron chi connectivity index (χ3n) is 6.58. The van der Waals surface area contributed by atoms with Crippen LogP contribution in [0.15, 0.2) is 71.8 Å². The minimum Gasteiger partial charge on any atom is -0.309 e. The summed E-state index contributed by atoms with van der Waals surface area (Å²) in [4.78, 5) is 17.9. The van der Waals surface area contributed by atoms with Gasteiger partial charge in [-0.3, -0.25) is 9.78 Å². The molecule has 0 spiro atoms. The number of nitrogens with one attached hydrogen (secondary N) is 1. The van der Waals surface area contributed by atoms with Gasteiger partial charge in [0.25, 0.3) is 0 Å². The predicted octanol–water partition coefficient (Wildman–Crippen LogP) is 5.70. The molecule has 0 saturated heterocycles. The van der Waals surface area contributed by atoms with Crippen molar-refractivity contribution >= 4 is 32.7 Å². The number of rotatable bonds is 9. The average Bonchev–Trinajstić information content (AvgIpc) is 3.30. The SMILES string of the molecule is Cc1ccccc1-n1nc(C(C)(C)C)cc1NC(=O)CN(CCC(C)C)S(=O)(=O)c1cccc2cccnc12. The number of aryl methyl sites for hydroxylation is 1. The van der Waals surface area contributed by atoms with E-state index in [1.54, 1.807) is 29.1 Å². The minimum absolute atomic E-state index is 0.0946. The predicted molar refractivity (Wildman–Crippen MR) is 156 cm³/mol. The van der Waals surface area contributed by atoms with E-state index >= 15 is 0 Å². The first-order valence-corrected chi connectivity index (χ1v) is 14.6. The van der Waals surface area contributed by atoms with Crippen LogP contribution in [0.4, 0.5) is 5.82 Å². The monoisotopic (exact) mass is 547 g/mol. The van der Waals surface area contributed by atoms with E-state index in [1.807, 2.05) is 63.2 Å². The van der Waals surface area contributed by atoms with Crippen LogP contribution in [0.5, 0.6) is 0 Å². The quantitative estimate of drug-likeness (QED) is 0.290. The van der Waals surface area contributed by atoms with Gasteiger partial charge in [-0.15, -0.1) is 0 Å². The molecule has 0 aliphatic carbocycles. The van der Waals surface area contributed by atoms with E-state index in [9.17, 15) is 13.2 Å². The number of fused-ring (bicyclic) bond motifs is 1. The fraction of sp³-hybridized carbons (Fsp3) is 0.367. The summed E-state index contributed by atoms with van der Waals surface area (Å²) >= 11 is 0. The second-order valence-electron chi connectivity index (χ2n) is 11.3. The molecule has 0 fully saturated rings. The van der Waals surface area contributed by atoms with Gasteiger partial charge >= 0.3 is 0 Å². The first-order valence-electron chi connectivity index (χ1n) is 13.2. The minimum atomic E-state index is -4.01. The van der Waals surface area contributed by atoms with Crippen molar-refractivity contribution in [3.05, 3.63) is 78.1 Å². The van der Waals surface area contributed by atoms with Gasteiger partial charge in [0.15, 0.2) is 0 Å². The highest BCUT2D eigenvalue weighted by Gasteiger charge is 2.30. The lowest BCUT2D eigenvalue weighted by atomic mass is 9.92. The van der Waals surface area contributed by atoms with E-state index in [2.05, 4.69) is 31.1 Å². The maximum Gasteiger partial charge on any atom is 0.245 e. The van der Waals surface area contributed by atoms with E-state index < -0.39 is 15.9 Å². The topological polar surface area (TPSA) is 97.2 Å². The van der Waals surface area contributed by atoms with Crippen LogP contribution in [-0.2, 0) is 20.2 Å². The van der Waals surface area contributed by atoms with Gasteiger partial charge in [0.1, 0.15) is 10.7 Å². The Bertz CT molecular complexity index is 1580. The highest BCUT2D eigenvalue weighted by molar-refractivity contribution is 7.89. The van der Waals surface area contributed by atoms with Crippen molar-refractivity contribution in [3.8, 4) is 5.69 Å². The lowest BCUT2D eigenvalue weighted by Crippen LogP contribution is -2.39. The maximum atomic E-state index is 13.9. The molecular formula is C30H37N5O3S. The number of carbonyl (C=O) groups is 1. The summed E-state index contributed by atoms with van der Waals surface area (Å²) in [7, 11) is -4.01. The largest absolute Gasteiger partial charge is 0.309 e. The van der Waals surface area contributed by atoms with Crippen molar-refractivity contribution in [2.45, 2.75) is 58.3 Å². The Kier molecular flexibility index (Phi) is 8.23. The van der Waals surface area contributed by atoms with E-state index in [0.717, 1.165) is 22.3 Å². The number of amides is 1. The number of anilines is 1. The van der Waals surface area contributed by atoms with Gasteiger partial charge in [0.05, 0.1) is 23.4 Å². The summed E-state index contributed by atoms with van der Waals surface area (Å²) < 4.78 is 30.8. The summed E-state index contributed by atoms with van der Waals surface area (Å²) in [6.07, 6.45) is 2.19. The lowest BCUT2D eigenvalue weighted by Gasteiger charge is -2.23. The fourth-order valence-corrected chi connectivity index (χ4v) is 5.85. The number of hydrogen-bond donors (Lipinski definition) is 1. The number of aromatic nitrogens is 3. The van der Waals surface area contributed by atoms with Crippen LogP contribution in [0.2, 0.25) is 0 Å². The number of nitrogens with zero attached hydrogens (tertiary/aromatic N) is 4. The third-order valence-corrected chi connectivity index (χ3v) is 8.45. The molecule has 0 radical (unpaired) electrons. The van der Waals surface area contributed by atoms with E-state index in [0.29, 0.717) is 17.8 Å². The molecule has 0 saturated carbocycles. The molecule has 39 heavy (non-hydrogen) atoms. The highest BCUT2D eigenvalue weighted by Crippen LogP contribution is 2.28. The van der Waals surface area contributed by atoms with Gasteiger partial charge in [-0.25, -0.2) is 13.1 Å². The van der Waals surface area contributed by atoms with Crippen LogP contribution < -0.4 is 5.32 Å². The molecule has 4 rings (SSSR count). The van der Waals surface area contributed by atoms with Crippen molar-refractivity contribution < 1.29 is 13.2 Å². The molecule has 1 amide bonds. The number of hydrogen-bond acceptors (Lipinski definition) is 5. The third kappa shape index (κ3) is 6.37. The zero-order valence-electron chi connectivity index (χ0n) is 23.5. The van der Waals surface area contributed by atoms with Gasteiger partial charge in [-0.2, -0.15) is 9.40 Å². The Morgan fingerprint density at radius 2 is 1.77 bits per heavy atom. The smallest absolute Gasteiger partial charge is 0.245 e. The molecule has 0 aliphatic rings. The molecule has 0 atom stereocenters. The van der Waals surface area contributed by atoms with Crippen molar-refractivity contribution in [3.63, 3.8) is 0 Å².